The van der Waals surface area contributed by atoms with Gasteiger partial charge in [-0.15, -0.1) is 11.3 Å². The van der Waals surface area contributed by atoms with E-state index in [1.165, 1.54) is 12.8 Å². The van der Waals surface area contributed by atoms with Gasteiger partial charge in [-0.05, 0) is 26.7 Å². The molecule has 0 aliphatic heterocycles. The van der Waals surface area contributed by atoms with E-state index in [1.807, 2.05) is 11.6 Å². The highest BCUT2D eigenvalue weighted by atomic mass is 32.1. The van der Waals surface area contributed by atoms with Gasteiger partial charge in [0.15, 0.2) is 0 Å². The van der Waals surface area contributed by atoms with Crippen LogP contribution in [-0.4, -0.2) is 24.1 Å². The van der Waals surface area contributed by atoms with E-state index in [4.69, 9.17) is 0 Å². The highest BCUT2D eigenvalue weighted by Crippen LogP contribution is 2.21. The van der Waals surface area contributed by atoms with Crippen LogP contribution in [0.3, 0.4) is 0 Å². The predicted molar refractivity (Wildman–Crippen MR) is 64.2 cm³/mol. The summed E-state index contributed by atoms with van der Waals surface area (Å²) in [5, 5.41) is 10.2. The number of nitrogens with one attached hydrogen (secondary N) is 2. The summed E-state index contributed by atoms with van der Waals surface area (Å²) in [5.74, 6) is 0. The van der Waals surface area contributed by atoms with Gasteiger partial charge in [0.1, 0.15) is 5.01 Å². The SMILES string of the molecule is CC(C)(NCCNC1CC1)c1nccs1. The number of thiazole rings is 1. The van der Waals surface area contributed by atoms with Gasteiger partial charge in [0.05, 0.1) is 5.54 Å². The first-order chi connectivity index (χ1) is 7.18. The fourth-order valence-corrected chi connectivity index (χ4v) is 2.29. The normalized spacial score (nSPS) is 16.9. The number of nitrogens with zero attached hydrogens (tertiary/aromatic N) is 1. The number of hydrogen-bond donors (Lipinski definition) is 2. The Bertz CT molecular complexity index is 291. The number of aromatic nitrogens is 1. The summed E-state index contributed by atoms with van der Waals surface area (Å²) < 4.78 is 0. The highest BCUT2D eigenvalue weighted by molar-refractivity contribution is 7.09. The van der Waals surface area contributed by atoms with E-state index in [0.717, 1.165) is 24.1 Å². The van der Waals surface area contributed by atoms with Crippen LogP contribution in [0.25, 0.3) is 0 Å². The lowest BCUT2D eigenvalue weighted by Gasteiger charge is -2.23. The molecule has 0 radical (unpaired) electrons. The second kappa shape index (κ2) is 4.60. The van der Waals surface area contributed by atoms with Gasteiger partial charge < -0.3 is 10.6 Å². The summed E-state index contributed by atoms with van der Waals surface area (Å²) in [5.41, 5.74) is -0.000598. The van der Waals surface area contributed by atoms with Gasteiger partial charge in [0.2, 0.25) is 0 Å². The maximum atomic E-state index is 4.35. The third kappa shape index (κ3) is 3.26. The fourth-order valence-electron chi connectivity index (χ4n) is 1.55. The van der Waals surface area contributed by atoms with Gasteiger partial charge in [-0.2, -0.15) is 0 Å². The standard InChI is InChI=1S/C11H19N3S/c1-11(2,10-13-7-8-15-10)14-6-5-12-9-3-4-9/h7-9,12,14H,3-6H2,1-2H3. The molecule has 4 heteroatoms. The molecule has 1 fully saturated rings. The lowest BCUT2D eigenvalue weighted by Crippen LogP contribution is -2.40. The van der Waals surface area contributed by atoms with Crippen molar-refractivity contribution in [3.8, 4) is 0 Å². The van der Waals surface area contributed by atoms with Gasteiger partial charge in [-0.25, -0.2) is 4.98 Å². The molecular formula is C11H19N3S. The predicted octanol–water partition coefficient (Wildman–Crippen LogP) is 1.72. The minimum absolute atomic E-state index is 0.000598. The van der Waals surface area contributed by atoms with Crippen LogP contribution in [0, 0.1) is 0 Å². The Labute approximate surface area is 95.3 Å². The van der Waals surface area contributed by atoms with Crippen molar-refractivity contribution in [2.24, 2.45) is 0 Å². The third-order valence-corrected chi connectivity index (χ3v) is 3.77. The second-order valence-electron chi connectivity index (χ2n) is 4.62. The van der Waals surface area contributed by atoms with Gasteiger partial charge in [0, 0.05) is 30.7 Å². The molecule has 15 heavy (non-hydrogen) atoms. The average Bonchev–Trinajstić information content (AvgIpc) is 2.83. The first kappa shape index (κ1) is 11.0. The van der Waals surface area contributed by atoms with Gasteiger partial charge in [-0.1, -0.05) is 0 Å². The Morgan fingerprint density at radius 3 is 2.87 bits per heavy atom. The Hall–Kier alpha value is -0.450. The molecule has 0 bridgehead atoms. The largest absolute Gasteiger partial charge is 0.313 e. The molecule has 0 saturated heterocycles. The van der Waals surface area contributed by atoms with Crippen molar-refractivity contribution in [2.45, 2.75) is 38.3 Å². The molecule has 1 saturated carbocycles. The molecule has 0 spiro atoms. The van der Waals surface area contributed by atoms with Crippen LogP contribution < -0.4 is 10.6 Å². The van der Waals surface area contributed by atoms with Crippen molar-refractivity contribution in [1.82, 2.24) is 15.6 Å². The van der Waals surface area contributed by atoms with E-state index in [9.17, 15) is 0 Å². The van der Waals surface area contributed by atoms with Crippen molar-refractivity contribution in [3.05, 3.63) is 16.6 Å². The zero-order valence-electron chi connectivity index (χ0n) is 9.42. The summed E-state index contributed by atoms with van der Waals surface area (Å²) in [7, 11) is 0. The summed E-state index contributed by atoms with van der Waals surface area (Å²) in [6.07, 6.45) is 4.58. The molecule has 1 aromatic heterocycles. The maximum Gasteiger partial charge on any atom is 0.112 e. The minimum atomic E-state index is -0.000598. The van der Waals surface area contributed by atoms with Crippen molar-refractivity contribution in [3.63, 3.8) is 0 Å². The summed E-state index contributed by atoms with van der Waals surface area (Å²) in [6, 6.07) is 0.801. The van der Waals surface area contributed by atoms with Crippen LogP contribution in [0.15, 0.2) is 11.6 Å². The first-order valence-corrected chi connectivity index (χ1v) is 6.45. The van der Waals surface area contributed by atoms with Gasteiger partial charge >= 0.3 is 0 Å². The van der Waals surface area contributed by atoms with Crippen LogP contribution in [0.1, 0.15) is 31.7 Å². The summed E-state index contributed by atoms with van der Waals surface area (Å²) >= 11 is 1.71. The second-order valence-corrected chi connectivity index (χ2v) is 5.51. The van der Waals surface area contributed by atoms with Crippen LogP contribution in [0.4, 0.5) is 0 Å². The minimum Gasteiger partial charge on any atom is -0.313 e. The molecule has 3 nitrogen and oxygen atoms in total. The van der Waals surface area contributed by atoms with Crippen molar-refractivity contribution in [2.75, 3.05) is 13.1 Å². The molecule has 1 aliphatic carbocycles. The smallest absolute Gasteiger partial charge is 0.112 e. The monoisotopic (exact) mass is 225 g/mol. The highest BCUT2D eigenvalue weighted by Gasteiger charge is 2.23. The van der Waals surface area contributed by atoms with Crippen LogP contribution in [-0.2, 0) is 5.54 Å². The Balaban J connectivity index is 1.72. The zero-order chi connectivity index (χ0) is 10.7. The summed E-state index contributed by atoms with van der Waals surface area (Å²) in [6.45, 7) is 6.43. The molecule has 2 rings (SSSR count). The maximum absolute atomic E-state index is 4.35. The topological polar surface area (TPSA) is 37.0 Å². The van der Waals surface area contributed by atoms with E-state index in [0.29, 0.717) is 0 Å². The molecule has 84 valence electrons. The number of hydrogen-bond acceptors (Lipinski definition) is 4. The lowest BCUT2D eigenvalue weighted by molar-refractivity contribution is 0.398. The van der Waals surface area contributed by atoms with Crippen LogP contribution in [0.2, 0.25) is 0 Å². The molecule has 1 heterocycles. The molecule has 0 aromatic carbocycles. The number of rotatable bonds is 6. The molecule has 1 aliphatic rings. The molecular weight excluding hydrogens is 206 g/mol. The van der Waals surface area contributed by atoms with E-state index >= 15 is 0 Å². The van der Waals surface area contributed by atoms with Gasteiger partial charge in [0.25, 0.3) is 0 Å². The van der Waals surface area contributed by atoms with E-state index in [2.05, 4.69) is 29.5 Å². The lowest BCUT2D eigenvalue weighted by atomic mass is 10.1. The zero-order valence-corrected chi connectivity index (χ0v) is 10.2. The quantitative estimate of drug-likeness (QED) is 0.724. The Morgan fingerprint density at radius 1 is 1.47 bits per heavy atom. The van der Waals surface area contributed by atoms with Gasteiger partial charge in [-0.3, -0.25) is 0 Å². The van der Waals surface area contributed by atoms with E-state index in [1.54, 1.807) is 11.3 Å². The van der Waals surface area contributed by atoms with Crippen molar-refractivity contribution < 1.29 is 0 Å². The Kier molecular flexibility index (Phi) is 3.38. The molecule has 1 aromatic rings. The molecule has 0 atom stereocenters. The molecule has 0 amide bonds. The summed E-state index contributed by atoms with van der Waals surface area (Å²) in [4.78, 5) is 4.35. The van der Waals surface area contributed by atoms with Crippen LogP contribution >= 0.6 is 11.3 Å². The molecule has 0 unspecified atom stereocenters. The molecule has 2 N–H and O–H groups in total. The fraction of sp³-hybridized carbons (Fsp3) is 0.727. The first-order valence-electron chi connectivity index (χ1n) is 5.57. The van der Waals surface area contributed by atoms with Crippen molar-refractivity contribution in [1.29, 1.82) is 0 Å². The van der Waals surface area contributed by atoms with Crippen molar-refractivity contribution >= 4 is 11.3 Å². The third-order valence-electron chi connectivity index (χ3n) is 2.67. The average molecular weight is 225 g/mol. The van der Waals surface area contributed by atoms with E-state index in [-0.39, 0.29) is 5.54 Å². The van der Waals surface area contributed by atoms with E-state index < -0.39 is 0 Å². The van der Waals surface area contributed by atoms with Crippen LogP contribution in [0.5, 0.6) is 0 Å². The Morgan fingerprint density at radius 2 is 2.27 bits per heavy atom.